The molecule has 2 aliphatic rings. The van der Waals surface area contributed by atoms with Crippen molar-refractivity contribution in [2.45, 2.75) is 55.4 Å². The predicted molar refractivity (Wildman–Crippen MR) is 116 cm³/mol. The Morgan fingerprint density at radius 3 is 2.84 bits per heavy atom. The fourth-order valence-corrected chi connectivity index (χ4v) is 4.70. The van der Waals surface area contributed by atoms with Crippen molar-refractivity contribution in [3.05, 3.63) is 42.7 Å². The lowest BCUT2D eigenvalue weighted by Gasteiger charge is -2.31. The Morgan fingerprint density at radius 1 is 1.32 bits per heavy atom. The van der Waals surface area contributed by atoms with Crippen LogP contribution in [0.3, 0.4) is 0 Å². The summed E-state index contributed by atoms with van der Waals surface area (Å²) >= 11 is 1.29. The SMILES string of the molecule is C=CCn1c(SCC(=O)NC2(C#N)CCCCC2)nnc1C1COc2ccccc2O1. The molecule has 31 heavy (non-hydrogen) atoms. The van der Waals surface area contributed by atoms with Gasteiger partial charge in [-0.3, -0.25) is 9.36 Å². The number of hydrogen-bond donors (Lipinski definition) is 1. The smallest absolute Gasteiger partial charge is 0.231 e. The van der Waals surface area contributed by atoms with Crippen molar-refractivity contribution in [3.8, 4) is 17.6 Å². The van der Waals surface area contributed by atoms with Crippen LogP contribution >= 0.6 is 11.8 Å². The number of nitrogens with one attached hydrogen (secondary N) is 1. The van der Waals surface area contributed by atoms with E-state index < -0.39 is 11.6 Å². The van der Waals surface area contributed by atoms with Gasteiger partial charge in [-0.25, -0.2) is 0 Å². The molecule has 1 aliphatic heterocycles. The van der Waals surface area contributed by atoms with E-state index in [4.69, 9.17) is 9.47 Å². The largest absolute Gasteiger partial charge is 0.485 e. The number of para-hydroxylation sites is 2. The lowest BCUT2D eigenvalue weighted by Crippen LogP contribution is -2.49. The van der Waals surface area contributed by atoms with Crippen molar-refractivity contribution in [1.29, 1.82) is 5.26 Å². The Morgan fingerprint density at radius 2 is 2.10 bits per heavy atom. The molecule has 1 saturated carbocycles. The number of nitrogens with zero attached hydrogens (tertiary/aromatic N) is 4. The summed E-state index contributed by atoms with van der Waals surface area (Å²) in [6, 6.07) is 9.81. The van der Waals surface area contributed by atoms with Gasteiger partial charge < -0.3 is 14.8 Å². The highest BCUT2D eigenvalue weighted by Crippen LogP contribution is 2.36. The Kier molecular flexibility index (Phi) is 6.47. The number of allylic oxidation sites excluding steroid dienone is 1. The fraction of sp³-hybridized carbons (Fsp3) is 0.455. The third-order valence-corrected chi connectivity index (χ3v) is 6.45. The fourth-order valence-electron chi connectivity index (χ4n) is 3.95. The van der Waals surface area contributed by atoms with Crippen molar-refractivity contribution >= 4 is 17.7 Å². The number of carbonyl (C=O) groups is 1. The van der Waals surface area contributed by atoms with Crippen LogP contribution in [0.2, 0.25) is 0 Å². The number of fused-ring (bicyclic) bond motifs is 1. The van der Waals surface area contributed by atoms with Crippen LogP contribution in [0.5, 0.6) is 11.5 Å². The van der Waals surface area contributed by atoms with Gasteiger partial charge in [0.25, 0.3) is 0 Å². The molecule has 0 spiro atoms. The molecular formula is C22H25N5O3S. The third-order valence-electron chi connectivity index (χ3n) is 5.49. The number of amides is 1. The summed E-state index contributed by atoms with van der Waals surface area (Å²) in [6.45, 7) is 4.62. The standard InChI is InChI=1S/C22H25N5O3S/c1-2-12-27-20(18-13-29-16-8-4-5-9-17(16)30-18)25-26-21(27)31-14-19(28)24-22(15-23)10-6-3-7-11-22/h2,4-5,8-9,18H,1,3,6-7,10-14H2,(H,24,28). The van der Waals surface area contributed by atoms with Crippen molar-refractivity contribution < 1.29 is 14.3 Å². The summed E-state index contributed by atoms with van der Waals surface area (Å²) in [5, 5.41) is 21.7. The maximum absolute atomic E-state index is 12.6. The van der Waals surface area contributed by atoms with Gasteiger partial charge >= 0.3 is 0 Å². The van der Waals surface area contributed by atoms with Gasteiger partial charge in [-0.1, -0.05) is 49.2 Å². The van der Waals surface area contributed by atoms with E-state index in [1.165, 1.54) is 11.8 Å². The van der Waals surface area contributed by atoms with Crippen LogP contribution in [-0.2, 0) is 11.3 Å². The zero-order chi connectivity index (χ0) is 21.7. The van der Waals surface area contributed by atoms with E-state index in [9.17, 15) is 10.1 Å². The highest BCUT2D eigenvalue weighted by molar-refractivity contribution is 7.99. The number of ether oxygens (including phenoxy) is 2. The van der Waals surface area contributed by atoms with Crippen LogP contribution in [-0.4, -0.2) is 38.6 Å². The Labute approximate surface area is 185 Å². The molecule has 2 heterocycles. The number of carbonyl (C=O) groups excluding carboxylic acids is 1. The molecule has 1 unspecified atom stereocenters. The molecule has 1 N–H and O–H groups in total. The van der Waals surface area contributed by atoms with E-state index >= 15 is 0 Å². The van der Waals surface area contributed by atoms with Crippen molar-refractivity contribution in [1.82, 2.24) is 20.1 Å². The molecule has 9 heteroatoms. The first-order valence-electron chi connectivity index (χ1n) is 10.4. The maximum Gasteiger partial charge on any atom is 0.231 e. The van der Waals surface area contributed by atoms with Gasteiger partial charge in [0.2, 0.25) is 5.91 Å². The first kappa shape index (κ1) is 21.2. The molecular weight excluding hydrogens is 414 g/mol. The van der Waals surface area contributed by atoms with E-state index in [1.54, 1.807) is 6.08 Å². The second-order valence-corrected chi connectivity index (χ2v) is 8.64. The molecule has 0 saturated heterocycles. The lowest BCUT2D eigenvalue weighted by atomic mass is 9.83. The molecule has 1 aromatic heterocycles. The summed E-state index contributed by atoms with van der Waals surface area (Å²) in [6.07, 6.45) is 5.79. The number of rotatable bonds is 7. The number of hydrogen-bond acceptors (Lipinski definition) is 7. The third kappa shape index (κ3) is 4.69. The molecule has 1 amide bonds. The van der Waals surface area contributed by atoms with Crippen LogP contribution in [0.25, 0.3) is 0 Å². The van der Waals surface area contributed by atoms with Crippen LogP contribution in [0.4, 0.5) is 0 Å². The molecule has 1 aromatic carbocycles. The number of thioether (sulfide) groups is 1. The van der Waals surface area contributed by atoms with Crippen LogP contribution < -0.4 is 14.8 Å². The molecule has 1 atom stereocenters. The average Bonchev–Trinajstić information content (AvgIpc) is 3.21. The normalized spacial score (nSPS) is 19.3. The van der Waals surface area contributed by atoms with E-state index in [-0.39, 0.29) is 11.7 Å². The van der Waals surface area contributed by atoms with E-state index in [0.29, 0.717) is 48.5 Å². The van der Waals surface area contributed by atoms with Gasteiger partial charge in [0.1, 0.15) is 12.1 Å². The van der Waals surface area contributed by atoms with Crippen molar-refractivity contribution in [2.24, 2.45) is 0 Å². The molecule has 4 rings (SSSR count). The quantitative estimate of drug-likeness (QED) is 0.521. The molecule has 0 radical (unpaired) electrons. The van der Waals surface area contributed by atoms with Crippen LogP contribution in [0.15, 0.2) is 42.1 Å². The Bertz CT molecular complexity index is 993. The van der Waals surface area contributed by atoms with Crippen molar-refractivity contribution in [3.63, 3.8) is 0 Å². The number of nitriles is 1. The highest BCUT2D eigenvalue weighted by Gasteiger charge is 2.34. The minimum Gasteiger partial charge on any atom is -0.485 e. The van der Waals surface area contributed by atoms with E-state index in [2.05, 4.69) is 28.2 Å². The zero-order valence-electron chi connectivity index (χ0n) is 17.2. The molecule has 162 valence electrons. The highest BCUT2D eigenvalue weighted by atomic mass is 32.2. The molecule has 1 aliphatic carbocycles. The second kappa shape index (κ2) is 9.43. The van der Waals surface area contributed by atoms with Gasteiger partial charge in [0.15, 0.2) is 28.6 Å². The maximum atomic E-state index is 12.6. The monoisotopic (exact) mass is 439 g/mol. The van der Waals surface area contributed by atoms with Gasteiger partial charge in [0, 0.05) is 6.54 Å². The minimum atomic E-state index is -0.740. The second-order valence-electron chi connectivity index (χ2n) is 7.70. The van der Waals surface area contributed by atoms with Crippen LogP contribution in [0.1, 0.15) is 44.0 Å². The topological polar surface area (TPSA) is 102 Å². The summed E-state index contributed by atoms with van der Waals surface area (Å²) < 4.78 is 13.8. The first-order chi connectivity index (χ1) is 15.1. The Balaban J connectivity index is 1.43. The number of aromatic nitrogens is 3. The summed E-state index contributed by atoms with van der Waals surface area (Å²) in [5.74, 6) is 1.97. The predicted octanol–water partition coefficient (Wildman–Crippen LogP) is 3.41. The lowest BCUT2D eigenvalue weighted by molar-refractivity contribution is -0.120. The number of benzene rings is 1. The van der Waals surface area contributed by atoms with Crippen molar-refractivity contribution in [2.75, 3.05) is 12.4 Å². The van der Waals surface area contributed by atoms with Crippen LogP contribution in [0, 0.1) is 11.3 Å². The molecule has 0 bridgehead atoms. The summed E-state index contributed by atoms with van der Waals surface area (Å²) in [7, 11) is 0. The van der Waals surface area contributed by atoms with Gasteiger partial charge in [-0.05, 0) is 25.0 Å². The molecule has 1 fully saturated rings. The molecule has 2 aromatic rings. The minimum absolute atomic E-state index is 0.156. The Hall–Kier alpha value is -2.99. The zero-order valence-corrected chi connectivity index (χ0v) is 18.1. The summed E-state index contributed by atoms with van der Waals surface area (Å²) in [4.78, 5) is 12.6. The van der Waals surface area contributed by atoms with Gasteiger partial charge in [0.05, 0.1) is 11.8 Å². The first-order valence-corrected chi connectivity index (χ1v) is 11.4. The van der Waals surface area contributed by atoms with E-state index in [1.807, 2.05) is 28.8 Å². The van der Waals surface area contributed by atoms with E-state index in [0.717, 1.165) is 19.3 Å². The van der Waals surface area contributed by atoms with Gasteiger partial charge in [-0.2, -0.15) is 5.26 Å². The molecule has 8 nitrogen and oxygen atoms in total. The summed E-state index contributed by atoms with van der Waals surface area (Å²) in [5.41, 5.74) is -0.740. The van der Waals surface area contributed by atoms with Gasteiger partial charge in [-0.15, -0.1) is 16.8 Å². The average molecular weight is 440 g/mol.